The summed E-state index contributed by atoms with van der Waals surface area (Å²) < 4.78 is 7.85. The van der Waals surface area contributed by atoms with E-state index in [-0.39, 0.29) is 0 Å². The highest BCUT2D eigenvalue weighted by Crippen LogP contribution is 2.20. The number of nitrogens with one attached hydrogen (secondary N) is 1. The van der Waals surface area contributed by atoms with E-state index < -0.39 is 0 Å². The molecule has 1 fully saturated rings. The van der Waals surface area contributed by atoms with E-state index in [1.54, 1.807) is 0 Å². The van der Waals surface area contributed by atoms with E-state index in [0.717, 1.165) is 32.2 Å². The lowest BCUT2D eigenvalue weighted by molar-refractivity contribution is 0.0609. The average Bonchev–Trinajstić information content (AvgIpc) is 2.85. The third kappa shape index (κ3) is 3.59. The van der Waals surface area contributed by atoms with Gasteiger partial charge in [-0.1, -0.05) is 6.92 Å². The SMILES string of the molecule is CCCNC(C)c1cccn1CC1CCOCC1. The van der Waals surface area contributed by atoms with E-state index in [2.05, 4.69) is 42.1 Å². The minimum Gasteiger partial charge on any atom is -0.381 e. The van der Waals surface area contributed by atoms with Crippen molar-refractivity contribution in [3.05, 3.63) is 24.0 Å². The first kappa shape index (κ1) is 13.6. The van der Waals surface area contributed by atoms with Gasteiger partial charge in [0.25, 0.3) is 0 Å². The standard InChI is InChI=1S/C15H26N2O/c1-3-8-16-13(2)15-5-4-9-17(15)12-14-6-10-18-11-7-14/h4-5,9,13-14,16H,3,6-8,10-12H2,1-2H3. The van der Waals surface area contributed by atoms with Crippen LogP contribution in [0.5, 0.6) is 0 Å². The van der Waals surface area contributed by atoms with Crippen LogP contribution in [-0.4, -0.2) is 24.3 Å². The largest absolute Gasteiger partial charge is 0.381 e. The van der Waals surface area contributed by atoms with Crippen molar-refractivity contribution in [1.82, 2.24) is 9.88 Å². The lowest BCUT2D eigenvalue weighted by atomic mass is 10.0. The molecule has 0 amide bonds. The monoisotopic (exact) mass is 250 g/mol. The summed E-state index contributed by atoms with van der Waals surface area (Å²) in [6.45, 7) is 8.57. The molecule has 18 heavy (non-hydrogen) atoms. The smallest absolute Gasteiger partial charge is 0.0469 e. The normalized spacial score (nSPS) is 19.0. The van der Waals surface area contributed by atoms with Crippen LogP contribution in [-0.2, 0) is 11.3 Å². The fraction of sp³-hybridized carbons (Fsp3) is 0.733. The van der Waals surface area contributed by atoms with Gasteiger partial charge in [0.15, 0.2) is 0 Å². The number of aromatic nitrogens is 1. The van der Waals surface area contributed by atoms with Gasteiger partial charge in [0.2, 0.25) is 0 Å². The molecule has 0 spiro atoms. The zero-order valence-electron chi connectivity index (χ0n) is 11.7. The number of ether oxygens (including phenoxy) is 1. The third-order valence-corrected chi connectivity index (χ3v) is 3.80. The summed E-state index contributed by atoms with van der Waals surface area (Å²) in [6.07, 6.45) is 5.81. The van der Waals surface area contributed by atoms with Crippen LogP contribution in [0.4, 0.5) is 0 Å². The van der Waals surface area contributed by atoms with E-state index in [9.17, 15) is 0 Å². The topological polar surface area (TPSA) is 26.2 Å². The van der Waals surface area contributed by atoms with Crippen LogP contribution >= 0.6 is 0 Å². The van der Waals surface area contributed by atoms with Crippen LogP contribution in [0.2, 0.25) is 0 Å². The summed E-state index contributed by atoms with van der Waals surface area (Å²) in [5.74, 6) is 0.781. The Morgan fingerprint density at radius 3 is 2.94 bits per heavy atom. The van der Waals surface area contributed by atoms with Gasteiger partial charge in [0, 0.05) is 37.7 Å². The first-order valence-corrected chi connectivity index (χ1v) is 7.27. The van der Waals surface area contributed by atoms with Crippen LogP contribution < -0.4 is 5.32 Å². The fourth-order valence-electron chi connectivity index (χ4n) is 2.66. The molecule has 1 aromatic heterocycles. The molecule has 0 aromatic carbocycles. The average molecular weight is 250 g/mol. The van der Waals surface area contributed by atoms with Crippen molar-refractivity contribution < 1.29 is 4.74 Å². The van der Waals surface area contributed by atoms with Gasteiger partial charge in [-0.25, -0.2) is 0 Å². The van der Waals surface area contributed by atoms with Crippen molar-refractivity contribution in [3.63, 3.8) is 0 Å². The predicted molar refractivity (Wildman–Crippen MR) is 74.7 cm³/mol. The Bertz CT molecular complexity index is 342. The molecule has 1 aliphatic rings. The highest BCUT2D eigenvalue weighted by Gasteiger charge is 2.16. The summed E-state index contributed by atoms with van der Waals surface area (Å²) in [5, 5.41) is 3.57. The molecular formula is C15H26N2O. The Balaban J connectivity index is 1.93. The second-order valence-electron chi connectivity index (χ2n) is 5.32. The second kappa shape index (κ2) is 6.95. The Kier molecular flexibility index (Phi) is 5.26. The van der Waals surface area contributed by atoms with E-state index >= 15 is 0 Å². The zero-order valence-corrected chi connectivity index (χ0v) is 11.7. The summed E-state index contributed by atoms with van der Waals surface area (Å²) in [7, 11) is 0. The maximum atomic E-state index is 5.43. The maximum Gasteiger partial charge on any atom is 0.0469 e. The molecule has 1 aliphatic heterocycles. The Morgan fingerprint density at radius 1 is 1.44 bits per heavy atom. The first-order valence-electron chi connectivity index (χ1n) is 7.27. The zero-order chi connectivity index (χ0) is 12.8. The van der Waals surface area contributed by atoms with Crippen molar-refractivity contribution >= 4 is 0 Å². The second-order valence-corrected chi connectivity index (χ2v) is 5.32. The van der Waals surface area contributed by atoms with Gasteiger partial charge in [0.05, 0.1) is 0 Å². The first-order chi connectivity index (χ1) is 8.81. The van der Waals surface area contributed by atoms with Crippen molar-refractivity contribution in [2.75, 3.05) is 19.8 Å². The quantitative estimate of drug-likeness (QED) is 0.840. The van der Waals surface area contributed by atoms with Gasteiger partial charge < -0.3 is 14.6 Å². The number of hydrogen-bond donors (Lipinski definition) is 1. The Morgan fingerprint density at radius 2 is 2.22 bits per heavy atom. The van der Waals surface area contributed by atoms with Gasteiger partial charge >= 0.3 is 0 Å². The number of rotatable bonds is 6. The molecule has 1 unspecified atom stereocenters. The molecule has 1 aromatic rings. The van der Waals surface area contributed by atoms with E-state index in [0.29, 0.717) is 6.04 Å². The van der Waals surface area contributed by atoms with Crippen molar-refractivity contribution in [2.45, 2.75) is 45.7 Å². The summed E-state index contributed by atoms with van der Waals surface area (Å²) in [4.78, 5) is 0. The predicted octanol–water partition coefficient (Wildman–Crippen LogP) is 2.98. The van der Waals surface area contributed by atoms with Crippen LogP contribution in [0.15, 0.2) is 18.3 Å². The van der Waals surface area contributed by atoms with Crippen LogP contribution in [0.25, 0.3) is 0 Å². The Labute approximate surface area is 111 Å². The molecule has 1 N–H and O–H groups in total. The van der Waals surface area contributed by atoms with Gasteiger partial charge in [-0.15, -0.1) is 0 Å². The summed E-state index contributed by atoms with van der Waals surface area (Å²) in [5.41, 5.74) is 1.41. The molecule has 2 heterocycles. The third-order valence-electron chi connectivity index (χ3n) is 3.80. The molecule has 3 nitrogen and oxygen atoms in total. The maximum absolute atomic E-state index is 5.43. The van der Waals surface area contributed by atoms with E-state index in [1.807, 2.05) is 0 Å². The Hall–Kier alpha value is -0.800. The molecule has 1 atom stereocenters. The summed E-state index contributed by atoms with van der Waals surface area (Å²) in [6, 6.07) is 4.85. The van der Waals surface area contributed by atoms with Crippen molar-refractivity contribution in [3.8, 4) is 0 Å². The number of nitrogens with zero attached hydrogens (tertiary/aromatic N) is 1. The van der Waals surface area contributed by atoms with Gasteiger partial charge in [-0.3, -0.25) is 0 Å². The van der Waals surface area contributed by atoms with Gasteiger partial charge in [-0.05, 0) is 50.8 Å². The van der Waals surface area contributed by atoms with E-state index in [4.69, 9.17) is 4.74 Å². The van der Waals surface area contributed by atoms with Crippen molar-refractivity contribution in [2.24, 2.45) is 5.92 Å². The fourth-order valence-corrected chi connectivity index (χ4v) is 2.66. The van der Waals surface area contributed by atoms with E-state index in [1.165, 1.54) is 25.0 Å². The minimum absolute atomic E-state index is 0.444. The van der Waals surface area contributed by atoms with Crippen LogP contribution in [0.3, 0.4) is 0 Å². The molecule has 0 radical (unpaired) electrons. The molecule has 0 aliphatic carbocycles. The molecule has 0 saturated carbocycles. The molecule has 2 rings (SSSR count). The molecule has 1 saturated heterocycles. The summed E-state index contributed by atoms with van der Waals surface area (Å²) >= 11 is 0. The number of hydrogen-bond acceptors (Lipinski definition) is 2. The lowest BCUT2D eigenvalue weighted by Gasteiger charge is -2.25. The van der Waals surface area contributed by atoms with Crippen LogP contribution in [0.1, 0.15) is 44.8 Å². The highest BCUT2D eigenvalue weighted by atomic mass is 16.5. The molecule has 102 valence electrons. The lowest BCUT2D eigenvalue weighted by Crippen LogP contribution is -2.25. The molecule has 3 heteroatoms. The van der Waals surface area contributed by atoms with Crippen LogP contribution in [0, 0.1) is 5.92 Å². The highest BCUT2D eigenvalue weighted by molar-refractivity contribution is 5.11. The van der Waals surface area contributed by atoms with Gasteiger partial charge in [0.1, 0.15) is 0 Å². The van der Waals surface area contributed by atoms with Gasteiger partial charge in [-0.2, -0.15) is 0 Å². The molecule has 0 bridgehead atoms. The van der Waals surface area contributed by atoms with Crippen molar-refractivity contribution in [1.29, 1.82) is 0 Å². The minimum atomic E-state index is 0.444. The molecular weight excluding hydrogens is 224 g/mol.